The van der Waals surface area contributed by atoms with Gasteiger partial charge in [0.2, 0.25) is 5.91 Å². The molecule has 1 rings (SSSR count). The van der Waals surface area contributed by atoms with E-state index >= 15 is 0 Å². The lowest BCUT2D eigenvalue weighted by Crippen LogP contribution is -2.28. The summed E-state index contributed by atoms with van der Waals surface area (Å²) in [5.41, 5.74) is 7.86. The van der Waals surface area contributed by atoms with Crippen molar-refractivity contribution in [3.63, 3.8) is 0 Å². The number of nitrogens with one attached hydrogen (secondary N) is 1. The molecule has 0 saturated heterocycles. The second-order valence-corrected chi connectivity index (χ2v) is 5.41. The van der Waals surface area contributed by atoms with Crippen molar-refractivity contribution in [1.29, 1.82) is 0 Å². The molecule has 4 nitrogen and oxygen atoms in total. The summed E-state index contributed by atoms with van der Waals surface area (Å²) in [4.78, 5) is 11.7. The van der Waals surface area contributed by atoms with Gasteiger partial charge >= 0.3 is 0 Å². The van der Waals surface area contributed by atoms with Gasteiger partial charge in [-0.2, -0.15) is 0 Å². The number of carbonyl (C=O) groups is 1. The van der Waals surface area contributed by atoms with Crippen molar-refractivity contribution in [1.82, 2.24) is 0 Å². The molecule has 0 aliphatic rings. The van der Waals surface area contributed by atoms with Crippen LogP contribution in [0, 0.1) is 6.92 Å². The highest BCUT2D eigenvalue weighted by molar-refractivity contribution is 7.85. The van der Waals surface area contributed by atoms with Crippen molar-refractivity contribution >= 4 is 28.1 Å². The first-order valence-corrected chi connectivity index (χ1v) is 6.53. The topological polar surface area (TPSA) is 72.2 Å². The number of nitrogens with two attached hydrogens (primary N) is 1. The maximum atomic E-state index is 11.7. The lowest BCUT2D eigenvalue weighted by molar-refractivity contribution is -0.115. The second kappa shape index (κ2) is 5.12. The zero-order valence-electron chi connectivity index (χ0n) is 9.61. The van der Waals surface area contributed by atoms with Gasteiger partial charge < -0.3 is 11.1 Å². The number of amides is 1. The minimum absolute atomic E-state index is 0.242. The Labute approximate surface area is 97.7 Å². The molecule has 1 aromatic rings. The smallest absolute Gasteiger partial charge is 0.239 e. The van der Waals surface area contributed by atoms with E-state index in [1.807, 2.05) is 6.92 Å². The molecule has 0 saturated carbocycles. The maximum absolute atomic E-state index is 11.7. The Morgan fingerprint density at radius 2 is 2.12 bits per heavy atom. The van der Waals surface area contributed by atoms with E-state index in [1.165, 1.54) is 6.26 Å². The van der Waals surface area contributed by atoms with E-state index in [2.05, 4.69) is 5.32 Å². The molecule has 5 heteroatoms. The summed E-state index contributed by atoms with van der Waals surface area (Å²) in [6, 6.07) is 5.24. The maximum Gasteiger partial charge on any atom is 0.239 e. The molecule has 3 N–H and O–H groups in total. The van der Waals surface area contributed by atoms with Crippen LogP contribution in [0.4, 0.5) is 11.4 Å². The van der Waals surface area contributed by atoms with E-state index in [0.717, 1.165) is 5.56 Å². The Kier molecular flexibility index (Phi) is 4.06. The summed E-state index contributed by atoms with van der Waals surface area (Å²) < 4.78 is 11.1. The SMILES string of the molecule is Cc1cc(N)ccc1NC(=O)C(C)S(C)=O. The molecule has 2 atom stereocenters. The fourth-order valence-electron chi connectivity index (χ4n) is 1.21. The number of benzene rings is 1. The molecule has 1 amide bonds. The van der Waals surface area contributed by atoms with Crippen molar-refractivity contribution in [2.75, 3.05) is 17.3 Å². The van der Waals surface area contributed by atoms with Crippen LogP contribution >= 0.6 is 0 Å². The number of anilines is 2. The van der Waals surface area contributed by atoms with E-state index in [0.29, 0.717) is 11.4 Å². The Bertz CT molecular complexity index is 432. The van der Waals surface area contributed by atoms with E-state index < -0.39 is 16.0 Å². The highest BCUT2D eigenvalue weighted by Crippen LogP contribution is 2.18. The fraction of sp³-hybridized carbons (Fsp3) is 0.364. The molecular formula is C11H16N2O2S. The van der Waals surface area contributed by atoms with Gasteiger partial charge in [-0.1, -0.05) is 0 Å². The van der Waals surface area contributed by atoms with Gasteiger partial charge in [-0.15, -0.1) is 0 Å². The summed E-state index contributed by atoms with van der Waals surface area (Å²) in [6.07, 6.45) is 1.51. The molecule has 0 fully saturated rings. The summed E-state index contributed by atoms with van der Waals surface area (Å²) in [6.45, 7) is 3.50. The van der Waals surface area contributed by atoms with Crippen LogP contribution in [-0.2, 0) is 15.6 Å². The first-order chi connectivity index (χ1) is 7.41. The van der Waals surface area contributed by atoms with Crippen LogP contribution in [0.1, 0.15) is 12.5 Å². The zero-order valence-corrected chi connectivity index (χ0v) is 10.4. The van der Waals surface area contributed by atoms with Crippen LogP contribution in [0.5, 0.6) is 0 Å². The molecule has 0 aromatic heterocycles. The predicted octanol–water partition coefficient (Wildman–Crippen LogP) is 1.28. The Morgan fingerprint density at radius 3 is 2.62 bits per heavy atom. The third-order valence-corrected chi connectivity index (χ3v) is 3.59. The van der Waals surface area contributed by atoms with Gasteiger partial charge in [0.05, 0.1) is 0 Å². The van der Waals surface area contributed by atoms with Crippen LogP contribution < -0.4 is 11.1 Å². The number of nitrogen functional groups attached to an aromatic ring is 1. The van der Waals surface area contributed by atoms with Crippen LogP contribution in [-0.4, -0.2) is 21.6 Å². The second-order valence-electron chi connectivity index (χ2n) is 3.70. The third-order valence-electron chi connectivity index (χ3n) is 2.38. The minimum atomic E-state index is -1.16. The first kappa shape index (κ1) is 12.7. The fourth-order valence-corrected chi connectivity index (χ4v) is 1.57. The van der Waals surface area contributed by atoms with Crippen LogP contribution in [0.25, 0.3) is 0 Å². The number of hydrogen-bond acceptors (Lipinski definition) is 3. The van der Waals surface area contributed by atoms with Gasteiger partial charge in [0.15, 0.2) is 0 Å². The molecule has 0 aliphatic carbocycles. The largest absolute Gasteiger partial charge is 0.399 e. The zero-order chi connectivity index (χ0) is 12.3. The average molecular weight is 240 g/mol. The molecule has 0 spiro atoms. The molecule has 0 bridgehead atoms. The molecular weight excluding hydrogens is 224 g/mol. The average Bonchev–Trinajstić information content (AvgIpc) is 2.20. The van der Waals surface area contributed by atoms with E-state index in [9.17, 15) is 9.00 Å². The van der Waals surface area contributed by atoms with E-state index in [1.54, 1.807) is 25.1 Å². The minimum Gasteiger partial charge on any atom is -0.399 e. The van der Waals surface area contributed by atoms with Crippen molar-refractivity contribution in [3.05, 3.63) is 23.8 Å². The van der Waals surface area contributed by atoms with Crippen molar-refractivity contribution in [3.8, 4) is 0 Å². The highest BCUT2D eigenvalue weighted by atomic mass is 32.2. The number of carbonyl (C=O) groups excluding carboxylic acids is 1. The first-order valence-electron chi connectivity index (χ1n) is 4.91. The van der Waals surface area contributed by atoms with E-state index in [4.69, 9.17) is 5.73 Å². The van der Waals surface area contributed by atoms with Gasteiger partial charge in [0.1, 0.15) is 5.25 Å². The number of hydrogen-bond donors (Lipinski definition) is 2. The molecule has 1 aromatic carbocycles. The van der Waals surface area contributed by atoms with Crippen LogP contribution in [0.3, 0.4) is 0 Å². The number of rotatable bonds is 3. The Balaban J connectivity index is 2.81. The molecule has 0 radical (unpaired) electrons. The van der Waals surface area contributed by atoms with Crippen LogP contribution in [0.15, 0.2) is 18.2 Å². The Morgan fingerprint density at radius 1 is 1.50 bits per heavy atom. The normalized spacial score (nSPS) is 14.2. The quantitative estimate of drug-likeness (QED) is 0.782. The molecule has 0 aliphatic heterocycles. The number of aryl methyl sites for hydroxylation is 1. The van der Waals surface area contributed by atoms with Crippen LogP contribution in [0.2, 0.25) is 0 Å². The van der Waals surface area contributed by atoms with Crippen molar-refractivity contribution in [2.45, 2.75) is 19.1 Å². The van der Waals surface area contributed by atoms with Crippen molar-refractivity contribution < 1.29 is 9.00 Å². The standard InChI is InChI=1S/C11H16N2O2S/c1-7-6-9(12)4-5-10(7)13-11(14)8(2)16(3)15/h4-6,8H,12H2,1-3H3,(H,13,14). The molecule has 2 unspecified atom stereocenters. The lowest BCUT2D eigenvalue weighted by atomic mass is 10.2. The summed E-state index contributed by atoms with van der Waals surface area (Å²) in [5.74, 6) is -0.242. The van der Waals surface area contributed by atoms with Gasteiger partial charge in [0.25, 0.3) is 0 Å². The van der Waals surface area contributed by atoms with Crippen molar-refractivity contribution in [2.24, 2.45) is 0 Å². The monoisotopic (exact) mass is 240 g/mol. The Hall–Kier alpha value is -1.36. The van der Waals surface area contributed by atoms with Gasteiger partial charge in [-0.3, -0.25) is 9.00 Å². The summed E-state index contributed by atoms with van der Waals surface area (Å²) in [5, 5.41) is 2.21. The molecule has 0 heterocycles. The summed E-state index contributed by atoms with van der Waals surface area (Å²) in [7, 11) is -1.16. The predicted molar refractivity (Wildman–Crippen MR) is 67.7 cm³/mol. The van der Waals surface area contributed by atoms with Gasteiger partial charge in [0, 0.05) is 28.4 Å². The van der Waals surface area contributed by atoms with Gasteiger partial charge in [-0.05, 0) is 37.6 Å². The molecule has 88 valence electrons. The highest BCUT2D eigenvalue weighted by Gasteiger charge is 2.16. The lowest BCUT2D eigenvalue weighted by Gasteiger charge is -2.12. The third kappa shape index (κ3) is 3.06. The van der Waals surface area contributed by atoms with Gasteiger partial charge in [-0.25, -0.2) is 0 Å². The van der Waals surface area contributed by atoms with E-state index in [-0.39, 0.29) is 5.91 Å². The summed E-state index contributed by atoms with van der Waals surface area (Å²) >= 11 is 0. The molecule has 16 heavy (non-hydrogen) atoms.